The number of aryl methyl sites for hydroxylation is 1. The minimum absolute atomic E-state index is 0.366. The van der Waals surface area contributed by atoms with E-state index in [2.05, 4.69) is 15.3 Å². The summed E-state index contributed by atoms with van der Waals surface area (Å²) in [5.74, 6) is 0.822. The van der Waals surface area contributed by atoms with Gasteiger partial charge in [-0.1, -0.05) is 0 Å². The zero-order chi connectivity index (χ0) is 14.7. The van der Waals surface area contributed by atoms with Gasteiger partial charge in [-0.25, -0.2) is 9.97 Å². The van der Waals surface area contributed by atoms with Crippen LogP contribution in [-0.2, 0) is 11.8 Å². The molecule has 3 N–H and O–H groups in total. The summed E-state index contributed by atoms with van der Waals surface area (Å²) >= 11 is 0. The maximum Gasteiger partial charge on any atom is 0.154 e. The third-order valence-electron chi connectivity index (χ3n) is 4.11. The van der Waals surface area contributed by atoms with E-state index in [9.17, 15) is 0 Å². The van der Waals surface area contributed by atoms with Crippen molar-refractivity contribution in [2.75, 3.05) is 18.5 Å². The van der Waals surface area contributed by atoms with Crippen LogP contribution in [-0.4, -0.2) is 39.8 Å². The number of fused-ring (bicyclic) bond motifs is 1. The molecule has 0 unspecified atom stereocenters. The van der Waals surface area contributed by atoms with Crippen molar-refractivity contribution < 1.29 is 4.74 Å². The Kier molecular flexibility index (Phi) is 4.36. The van der Waals surface area contributed by atoms with Crippen molar-refractivity contribution in [2.45, 2.75) is 37.8 Å². The van der Waals surface area contributed by atoms with Gasteiger partial charge in [0.15, 0.2) is 5.82 Å². The second-order valence-electron chi connectivity index (χ2n) is 5.72. The molecule has 21 heavy (non-hydrogen) atoms. The highest BCUT2D eigenvalue weighted by molar-refractivity contribution is 5.85. The molecule has 0 amide bonds. The van der Waals surface area contributed by atoms with Crippen molar-refractivity contribution in [3.63, 3.8) is 0 Å². The fourth-order valence-corrected chi connectivity index (χ4v) is 2.84. The first-order valence-electron chi connectivity index (χ1n) is 7.61. The van der Waals surface area contributed by atoms with Crippen LogP contribution in [0, 0.1) is 0 Å². The third kappa shape index (κ3) is 3.33. The normalized spacial score (nSPS) is 22.6. The van der Waals surface area contributed by atoms with Gasteiger partial charge in [-0.3, -0.25) is 0 Å². The van der Waals surface area contributed by atoms with Gasteiger partial charge in [0.25, 0.3) is 0 Å². The third-order valence-corrected chi connectivity index (χ3v) is 4.11. The summed E-state index contributed by atoms with van der Waals surface area (Å²) in [4.78, 5) is 8.73. The molecule has 3 rings (SSSR count). The lowest BCUT2D eigenvalue weighted by Crippen LogP contribution is -2.31. The van der Waals surface area contributed by atoms with E-state index in [1.807, 2.05) is 17.7 Å². The van der Waals surface area contributed by atoms with Gasteiger partial charge >= 0.3 is 0 Å². The van der Waals surface area contributed by atoms with Crippen molar-refractivity contribution >= 4 is 16.9 Å². The van der Waals surface area contributed by atoms with Crippen LogP contribution in [0.4, 0.5) is 5.82 Å². The molecule has 6 nitrogen and oxygen atoms in total. The second kappa shape index (κ2) is 6.41. The van der Waals surface area contributed by atoms with Crippen LogP contribution in [0.1, 0.15) is 25.7 Å². The lowest BCUT2D eigenvalue weighted by molar-refractivity contribution is 0.0313. The van der Waals surface area contributed by atoms with Crippen molar-refractivity contribution in [2.24, 2.45) is 12.8 Å². The molecule has 0 atom stereocenters. The van der Waals surface area contributed by atoms with Gasteiger partial charge in [0.05, 0.1) is 24.6 Å². The first-order valence-corrected chi connectivity index (χ1v) is 7.61. The average Bonchev–Trinajstić information content (AvgIpc) is 2.88. The van der Waals surface area contributed by atoms with Crippen LogP contribution in [0.15, 0.2) is 18.6 Å². The summed E-state index contributed by atoms with van der Waals surface area (Å²) in [5.41, 5.74) is 7.88. The smallest absolute Gasteiger partial charge is 0.154 e. The molecule has 2 heterocycles. The van der Waals surface area contributed by atoms with E-state index in [4.69, 9.17) is 10.5 Å². The number of hydrogen-bond donors (Lipinski definition) is 2. The molecular weight excluding hydrogens is 266 g/mol. The van der Waals surface area contributed by atoms with Crippen LogP contribution in [0.25, 0.3) is 11.0 Å². The van der Waals surface area contributed by atoms with E-state index in [1.165, 1.54) is 0 Å². The number of imidazole rings is 1. The van der Waals surface area contributed by atoms with Gasteiger partial charge in [0.1, 0.15) is 5.52 Å². The summed E-state index contributed by atoms with van der Waals surface area (Å²) in [7, 11) is 1.98. The highest BCUT2D eigenvalue weighted by atomic mass is 16.5. The fraction of sp³-hybridized carbons (Fsp3) is 0.600. The Labute approximate surface area is 124 Å². The molecule has 0 saturated heterocycles. The van der Waals surface area contributed by atoms with Gasteiger partial charge in [-0.15, -0.1) is 0 Å². The van der Waals surface area contributed by atoms with Crippen LogP contribution >= 0.6 is 0 Å². The Hall–Kier alpha value is -1.66. The number of nitrogens with one attached hydrogen (secondary N) is 1. The molecular formula is C15H23N5O. The molecule has 0 radical (unpaired) electrons. The van der Waals surface area contributed by atoms with Gasteiger partial charge in [-0.05, 0) is 31.7 Å². The van der Waals surface area contributed by atoms with Gasteiger partial charge in [-0.2, -0.15) is 0 Å². The molecule has 6 heteroatoms. The molecule has 1 aliphatic carbocycles. The van der Waals surface area contributed by atoms with Crippen molar-refractivity contribution in [1.82, 2.24) is 14.5 Å². The maximum atomic E-state index is 5.90. The van der Waals surface area contributed by atoms with Crippen molar-refractivity contribution in [3.05, 3.63) is 18.6 Å². The van der Waals surface area contributed by atoms with Crippen LogP contribution < -0.4 is 11.1 Å². The summed E-state index contributed by atoms with van der Waals surface area (Å²) in [6.07, 6.45) is 8.28. The molecule has 1 aliphatic rings. The SMILES string of the molecule is Cn1cnc2c(NCCOC3CCC(N)CC3)nccc21. The summed E-state index contributed by atoms with van der Waals surface area (Å²) in [6, 6.07) is 2.34. The molecule has 0 aromatic carbocycles. The maximum absolute atomic E-state index is 5.90. The molecule has 2 aromatic rings. The summed E-state index contributed by atoms with van der Waals surface area (Å²) < 4.78 is 7.89. The van der Waals surface area contributed by atoms with Gasteiger partial charge in [0.2, 0.25) is 0 Å². The van der Waals surface area contributed by atoms with Gasteiger partial charge < -0.3 is 20.4 Å². The van der Waals surface area contributed by atoms with E-state index in [1.54, 1.807) is 12.5 Å². The van der Waals surface area contributed by atoms with Crippen molar-refractivity contribution in [1.29, 1.82) is 0 Å². The number of hydrogen-bond acceptors (Lipinski definition) is 5. The monoisotopic (exact) mass is 289 g/mol. The molecule has 114 valence electrons. The van der Waals surface area contributed by atoms with E-state index >= 15 is 0 Å². The Balaban J connectivity index is 1.48. The lowest BCUT2D eigenvalue weighted by Gasteiger charge is -2.26. The fourth-order valence-electron chi connectivity index (χ4n) is 2.84. The minimum Gasteiger partial charge on any atom is -0.376 e. The van der Waals surface area contributed by atoms with Crippen LogP contribution in [0.5, 0.6) is 0 Å². The van der Waals surface area contributed by atoms with Crippen LogP contribution in [0.2, 0.25) is 0 Å². The lowest BCUT2D eigenvalue weighted by atomic mass is 9.94. The van der Waals surface area contributed by atoms with Gasteiger partial charge in [0, 0.05) is 25.8 Å². The number of ether oxygens (including phenoxy) is 1. The number of rotatable bonds is 5. The minimum atomic E-state index is 0.366. The molecule has 0 bridgehead atoms. The molecule has 0 aliphatic heterocycles. The average molecular weight is 289 g/mol. The Morgan fingerprint density at radius 3 is 2.95 bits per heavy atom. The number of pyridine rings is 1. The summed E-state index contributed by atoms with van der Waals surface area (Å²) in [5, 5.41) is 3.31. The largest absolute Gasteiger partial charge is 0.376 e. The Bertz CT molecular complexity index is 589. The predicted octanol–water partition coefficient (Wildman–Crippen LogP) is 1.67. The number of nitrogens with two attached hydrogens (primary N) is 1. The molecule has 1 fully saturated rings. The zero-order valence-corrected chi connectivity index (χ0v) is 12.5. The summed E-state index contributed by atoms with van der Waals surface area (Å²) in [6.45, 7) is 1.43. The standard InChI is InChI=1S/C15H23N5O/c1-20-10-19-14-13(20)6-7-17-15(14)18-8-9-21-12-4-2-11(16)3-5-12/h6-7,10-12H,2-5,8-9,16H2,1H3,(H,17,18). The quantitative estimate of drug-likeness (QED) is 0.819. The zero-order valence-electron chi connectivity index (χ0n) is 12.5. The molecule has 0 spiro atoms. The molecule has 1 saturated carbocycles. The second-order valence-corrected chi connectivity index (χ2v) is 5.72. The molecule has 2 aromatic heterocycles. The van der Waals surface area contributed by atoms with E-state index < -0.39 is 0 Å². The number of aromatic nitrogens is 3. The first-order chi connectivity index (χ1) is 10.2. The predicted molar refractivity (Wildman–Crippen MR) is 83.2 cm³/mol. The van der Waals surface area contributed by atoms with E-state index in [0.29, 0.717) is 18.8 Å². The number of nitrogens with zero attached hydrogens (tertiary/aromatic N) is 3. The van der Waals surface area contributed by atoms with E-state index in [0.717, 1.165) is 49.1 Å². The van der Waals surface area contributed by atoms with Crippen molar-refractivity contribution in [3.8, 4) is 0 Å². The number of anilines is 1. The Morgan fingerprint density at radius 1 is 1.33 bits per heavy atom. The highest BCUT2D eigenvalue weighted by Gasteiger charge is 2.18. The Morgan fingerprint density at radius 2 is 2.14 bits per heavy atom. The van der Waals surface area contributed by atoms with Crippen LogP contribution in [0.3, 0.4) is 0 Å². The first kappa shape index (κ1) is 14.3. The highest BCUT2D eigenvalue weighted by Crippen LogP contribution is 2.20. The topological polar surface area (TPSA) is 78.0 Å². The van der Waals surface area contributed by atoms with E-state index in [-0.39, 0.29) is 0 Å².